The molecule has 1 heterocycles. The number of nitrogens with one attached hydrogen (secondary N) is 1. The Labute approximate surface area is 107 Å². The maximum atomic E-state index is 12.5. The summed E-state index contributed by atoms with van der Waals surface area (Å²) in [5.74, 6) is 1.11. The van der Waals surface area contributed by atoms with Gasteiger partial charge in [0.1, 0.15) is 5.82 Å². The lowest BCUT2D eigenvalue weighted by Gasteiger charge is -2.09. The molecular weight excluding hydrogens is 257 g/mol. The van der Waals surface area contributed by atoms with Crippen LogP contribution in [-0.2, 0) is 6.18 Å². The molecule has 0 aliphatic carbocycles. The van der Waals surface area contributed by atoms with Crippen LogP contribution in [0.4, 0.5) is 18.9 Å². The minimum absolute atomic E-state index is 0.00383. The SMILES string of the molecule is CC(C)c1nc(-c2ccc(C(F)(F)F)cc2N)n[nH]1. The van der Waals surface area contributed by atoms with Crippen molar-refractivity contribution in [1.29, 1.82) is 0 Å². The van der Waals surface area contributed by atoms with Crippen molar-refractivity contribution in [1.82, 2.24) is 15.2 Å². The van der Waals surface area contributed by atoms with Crippen LogP contribution >= 0.6 is 0 Å². The van der Waals surface area contributed by atoms with Gasteiger partial charge in [-0.3, -0.25) is 5.10 Å². The average molecular weight is 270 g/mol. The molecular formula is C12H13F3N4. The van der Waals surface area contributed by atoms with Gasteiger partial charge < -0.3 is 5.73 Å². The Morgan fingerprint density at radius 3 is 2.42 bits per heavy atom. The molecule has 3 N–H and O–H groups in total. The van der Waals surface area contributed by atoms with E-state index in [0.717, 1.165) is 12.1 Å². The molecule has 0 atom stereocenters. The summed E-state index contributed by atoms with van der Waals surface area (Å²) in [5, 5.41) is 6.70. The van der Waals surface area contributed by atoms with Gasteiger partial charge in [0.25, 0.3) is 0 Å². The second kappa shape index (κ2) is 4.56. The largest absolute Gasteiger partial charge is 0.416 e. The number of nitrogens with zero attached hydrogens (tertiary/aromatic N) is 2. The van der Waals surface area contributed by atoms with Gasteiger partial charge >= 0.3 is 6.18 Å². The lowest BCUT2D eigenvalue weighted by Crippen LogP contribution is -2.06. The van der Waals surface area contributed by atoms with Crippen molar-refractivity contribution >= 4 is 5.69 Å². The summed E-state index contributed by atoms with van der Waals surface area (Å²) in [6.45, 7) is 3.86. The molecule has 0 bridgehead atoms. The van der Waals surface area contributed by atoms with E-state index in [1.54, 1.807) is 0 Å². The molecule has 0 unspecified atom stereocenters. The van der Waals surface area contributed by atoms with Gasteiger partial charge in [-0.2, -0.15) is 18.3 Å². The van der Waals surface area contributed by atoms with Crippen LogP contribution in [0.3, 0.4) is 0 Å². The number of alkyl halides is 3. The quantitative estimate of drug-likeness (QED) is 0.823. The van der Waals surface area contributed by atoms with Crippen molar-refractivity contribution in [2.45, 2.75) is 25.9 Å². The van der Waals surface area contributed by atoms with Crippen LogP contribution < -0.4 is 5.73 Å². The van der Waals surface area contributed by atoms with Crippen LogP contribution in [0.5, 0.6) is 0 Å². The highest BCUT2D eigenvalue weighted by Crippen LogP contribution is 2.33. The molecule has 0 aliphatic rings. The first-order valence-electron chi connectivity index (χ1n) is 5.68. The Morgan fingerprint density at radius 1 is 1.26 bits per heavy atom. The minimum atomic E-state index is -4.41. The summed E-state index contributed by atoms with van der Waals surface area (Å²) >= 11 is 0. The summed E-state index contributed by atoms with van der Waals surface area (Å²) < 4.78 is 37.6. The first-order chi connectivity index (χ1) is 8.79. The summed E-state index contributed by atoms with van der Waals surface area (Å²) in [7, 11) is 0. The molecule has 0 saturated carbocycles. The Hall–Kier alpha value is -2.05. The zero-order valence-corrected chi connectivity index (χ0v) is 10.4. The predicted octanol–water partition coefficient (Wildman–Crippen LogP) is 3.20. The fourth-order valence-electron chi connectivity index (χ4n) is 1.60. The zero-order chi connectivity index (χ0) is 14.2. The van der Waals surface area contributed by atoms with E-state index in [1.807, 2.05) is 13.8 Å². The Balaban J connectivity index is 2.40. The molecule has 0 aliphatic heterocycles. The minimum Gasteiger partial charge on any atom is -0.398 e. The Kier molecular flexibility index (Phi) is 3.21. The molecule has 19 heavy (non-hydrogen) atoms. The fourth-order valence-corrected chi connectivity index (χ4v) is 1.60. The number of aromatic nitrogens is 3. The number of hydrogen-bond donors (Lipinski definition) is 2. The normalized spacial score (nSPS) is 12.1. The fraction of sp³-hybridized carbons (Fsp3) is 0.333. The van der Waals surface area contributed by atoms with E-state index in [1.165, 1.54) is 6.07 Å². The summed E-state index contributed by atoms with van der Waals surface area (Å²) in [5.41, 5.74) is 5.25. The highest BCUT2D eigenvalue weighted by molar-refractivity contribution is 5.72. The Morgan fingerprint density at radius 2 is 1.95 bits per heavy atom. The Bertz CT molecular complexity index is 587. The summed E-state index contributed by atoms with van der Waals surface area (Å²) in [6.07, 6.45) is -4.41. The first kappa shape index (κ1) is 13.4. The van der Waals surface area contributed by atoms with Gasteiger partial charge in [-0.25, -0.2) is 4.98 Å². The molecule has 102 valence electrons. The van der Waals surface area contributed by atoms with Gasteiger partial charge in [0.15, 0.2) is 5.82 Å². The zero-order valence-electron chi connectivity index (χ0n) is 10.4. The molecule has 2 rings (SSSR count). The van der Waals surface area contributed by atoms with E-state index in [9.17, 15) is 13.2 Å². The smallest absolute Gasteiger partial charge is 0.398 e. The van der Waals surface area contributed by atoms with Gasteiger partial charge in [0, 0.05) is 17.2 Å². The van der Waals surface area contributed by atoms with Crippen LogP contribution in [0, 0.1) is 0 Å². The third-order valence-electron chi connectivity index (χ3n) is 2.67. The van der Waals surface area contributed by atoms with Crippen molar-refractivity contribution in [3.8, 4) is 11.4 Å². The molecule has 1 aromatic heterocycles. The average Bonchev–Trinajstić information content (AvgIpc) is 2.76. The highest BCUT2D eigenvalue weighted by Gasteiger charge is 2.31. The maximum Gasteiger partial charge on any atom is 0.416 e. The van der Waals surface area contributed by atoms with E-state index in [0.29, 0.717) is 17.2 Å². The van der Waals surface area contributed by atoms with Crippen molar-refractivity contribution in [2.75, 3.05) is 5.73 Å². The molecule has 0 saturated heterocycles. The van der Waals surface area contributed by atoms with E-state index >= 15 is 0 Å². The number of nitrogens with two attached hydrogens (primary N) is 1. The van der Waals surface area contributed by atoms with Crippen LogP contribution in [0.2, 0.25) is 0 Å². The monoisotopic (exact) mass is 270 g/mol. The molecule has 0 spiro atoms. The predicted molar refractivity (Wildman–Crippen MR) is 65.3 cm³/mol. The van der Waals surface area contributed by atoms with Gasteiger partial charge in [0.05, 0.1) is 5.56 Å². The molecule has 4 nitrogen and oxygen atoms in total. The van der Waals surface area contributed by atoms with Gasteiger partial charge in [-0.05, 0) is 18.2 Å². The van der Waals surface area contributed by atoms with Gasteiger partial charge in [-0.1, -0.05) is 13.8 Å². The number of halogens is 3. The second-order valence-corrected chi connectivity index (χ2v) is 4.50. The molecule has 0 amide bonds. The maximum absolute atomic E-state index is 12.5. The summed E-state index contributed by atoms with van der Waals surface area (Å²) in [6, 6.07) is 3.14. The molecule has 7 heteroatoms. The van der Waals surface area contributed by atoms with Crippen LogP contribution in [-0.4, -0.2) is 15.2 Å². The number of nitrogen functional groups attached to an aromatic ring is 1. The molecule has 0 radical (unpaired) electrons. The second-order valence-electron chi connectivity index (χ2n) is 4.50. The van der Waals surface area contributed by atoms with Gasteiger partial charge in [0.2, 0.25) is 0 Å². The first-order valence-corrected chi connectivity index (χ1v) is 5.68. The van der Waals surface area contributed by atoms with Crippen molar-refractivity contribution in [3.63, 3.8) is 0 Å². The summed E-state index contributed by atoms with van der Waals surface area (Å²) in [4.78, 5) is 4.20. The third-order valence-corrected chi connectivity index (χ3v) is 2.67. The lowest BCUT2D eigenvalue weighted by molar-refractivity contribution is -0.137. The third kappa shape index (κ3) is 2.69. The number of H-pyrrole nitrogens is 1. The van der Waals surface area contributed by atoms with E-state index in [4.69, 9.17) is 5.73 Å². The lowest BCUT2D eigenvalue weighted by atomic mass is 10.1. The molecule has 2 aromatic rings. The van der Waals surface area contributed by atoms with Crippen molar-refractivity contribution in [3.05, 3.63) is 29.6 Å². The van der Waals surface area contributed by atoms with E-state index < -0.39 is 11.7 Å². The standard InChI is InChI=1S/C12H13F3N4/c1-6(2)10-17-11(19-18-10)8-4-3-7(5-9(8)16)12(13,14)15/h3-6H,16H2,1-2H3,(H,17,18,19). The number of anilines is 1. The van der Waals surface area contributed by atoms with E-state index in [-0.39, 0.29) is 11.6 Å². The van der Waals surface area contributed by atoms with Gasteiger partial charge in [-0.15, -0.1) is 0 Å². The number of hydrogen-bond acceptors (Lipinski definition) is 3. The van der Waals surface area contributed by atoms with E-state index in [2.05, 4.69) is 15.2 Å². The van der Waals surface area contributed by atoms with Crippen LogP contribution in [0.1, 0.15) is 31.2 Å². The number of rotatable bonds is 2. The number of benzene rings is 1. The molecule has 1 aromatic carbocycles. The van der Waals surface area contributed by atoms with Crippen molar-refractivity contribution < 1.29 is 13.2 Å². The molecule has 0 fully saturated rings. The highest BCUT2D eigenvalue weighted by atomic mass is 19.4. The van der Waals surface area contributed by atoms with Crippen LogP contribution in [0.15, 0.2) is 18.2 Å². The van der Waals surface area contributed by atoms with Crippen LogP contribution in [0.25, 0.3) is 11.4 Å². The van der Waals surface area contributed by atoms with Crippen molar-refractivity contribution in [2.24, 2.45) is 0 Å². The number of aromatic amines is 1. The topological polar surface area (TPSA) is 67.6 Å².